The molecule has 1 aliphatic heterocycles. The molecule has 1 aromatic heterocycles. The molecule has 0 saturated carbocycles. The van der Waals surface area contributed by atoms with E-state index in [0.717, 1.165) is 6.42 Å². The minimum atomic E-state index is -0.513. The van der Waals surface area contributed by atoms with Gasteiger partial charge in [-0.3, -0.25) is 9.78 Å². The van der Waals surface area contributed by atoms with E-state index in [2.05, 4.69) is 22.2 Å². The van der Waals surface area contributed by atoms with Crippen LogP contribution in [-0.2, 0) is 4.79 Å². The molecule has 140 valence electrons. The third-order valence-corrected chi connectivity index (χ3v) is 4.22. The number of rotatable bonds is 6. The Morgan fingerprint density at radius 1 is 1.30 bits per heavy atom. The quantitative estimate of drug-likeness (QED) is 0.769. The van der Waals surface area contributed by atoms with Crippen molar-refractivity contribution >= 4 is 17.6 Å². The Balaban J connectivity index is 1.70. The number of benzene rings is 1. The molecule has 7 nitrogen and oxygen atoms in total. The smallest absolute Gasteiger partial charge is 0.318 e. The van der Waals surface area contributed by atoms with Crippen molar-refractivity contribution in [2.75, 3.05) is 18.4 Å². The number of anilines is 1. The molecular weight excluding hydrogens is 344 g/mol. The average molecular weight is 366 g/mol. The third kappa shape index (κ3) is 4.63. The van der Waals surface area contributed by atoms with Gasteiger partial charge in [0.2, 0.25) is 5.91 Å². The van der Waals surface area contributed by atoms with Crippen LogP contribution in [0.15, 0.2) is 61.4 Å². The van der Waals surface area contributed by atoms with Gasteiger partial charge in [0.05, 0.1) is 11.9 Å². The van der Waals surface area contributed by atoms with Crippen LogP contribution >= 0.6 is 0 Å². The summed E-state index contributed by atoms with van der Waals surface area (Å²) in [6, 6.07) is 9.96. The molecule has 2 aromatic rings. The minimum Gasteiger partial charge on any atom is -0.454 e. The average Bonchev–Trinajstić information content (AvgIpc) is 3.18. The van der Waals surface area contributed by atoms with Crippen LogP contribution in [0.4, 0.5) is 10.5 Å². The lowest BCUT2D eigenvalue weighted by atomic mass is 10.2. The zero-order valence-electron chi connectivity index (χ0n) is 14.9. The second-order valence-corrected chi connectivity index (χ2v) is 6.10. The molecule has 2 heterocycles. The number of nitrogens with one attached hydrogen (secondary N) is 2. The third-order valence-electron chi connectivity index (χ3n) is 4.22. The molecule has 2 N–H and O–H groups in total. The summed E-state index contributed by atoms with van der Waals surface area (Å²) in [7, 11) is 0. The van der Waals surface area contributed by atoms with E-state index in [1.807, 2.05) is 12.1 Å². The van der Waals surface area contributed by atoms with Crippen LogP contribution in [0.2, 0.25) is 0 Å². The van der Waals surface area contributed by atoms with E-state index in [1.165, 1.54) is 0 Å². The first-order valence-corrected chi connectivity index (χ1v) is 8.82. The van der Waals surface area contributed by atoms with E-state index in [-0.39, 0.29) is 11.9 Å². The second kappa shape index (κ2) is 8.84. The molecule has 3 amide bonds. The van der Waals surface area contributed by atoms with Crippen molar-refractivity contribution in [3.63, 3.8) is 0 Å². The van der Waals surface area contributed by atoms with E-state index in [9.17, 15) is 9.59 Å². The number of para-hydroxylation sites is 2. The lowest BCUT2D eigenvalue weighted by Gasteiger charge is -2.24. The molecule has 1 fully saturated rings. The van der Waals surface area contributed by atoms with Gasteiger partial charge < -0.3 is 20.3 Å². The van der Waals surface area contributed by atoms with Gasteiger partial charge in [-0.15, -0.1) is 6.58 Å². The highest BCUT2D eigenvalue weighted by molar-refractivity contribution is 5.98. The number of amides is 3. The molecule has 1 saturated heterocycles. The molecule has 0 radical (unpaired) electrons. The fourth-order valence-corrected chi connectivity index (χ4v) is 2.95. The molecule has 0 aliphatic carbocycles. The highest BCUT2D eigenvalue weighted by Crippen LogP contribution is 2.29. The van der Waals surface area contributed by atoms with Gasteiger partial charge in [-0.1, -0.05) is 18.2 Å². The molecular formula is C20H22N4O3. The lowest BCUT2D eigenvalue weighted by molar-refractivity contribution is -0.119. The molecule has 1 aliphatic rings. The summed E-state index contributed by atoms with van der Waals surface area (Å²) in [6.45, 7) is 4.50. The van der Waals surface area contributed by atoms with Gasteiger partial charge >= 0.3 is 6.03 Å². The van der Waals surface area contributed by atoms with Gasteiger partial charge in [-0.05, 0) is 37.1 Å². The first-order valence-electron chi connectivity index (χ1n) is 8.82. The molecule has 0 bridgehead atoms. The largest absolute Gasteiger partial charge is 0.454 e. The van der Waals surface area contributed by atoms with Crippen molar-refractivity contribution in [2.45, 2.75) is 18.9 Å². The normalized spacial score (nSPS) is 15.9. The number of carbonyl (C=O) groups is 2. The maximum Gasteiger partial charge on any atom is 0.318 e. The Kier molecular flexibility index (Phi) is 6.04. The topological polar surface area (TPSA) is 83.6 Å². The summed E-state index contributed by atoms with van der Waals surface area (Å²) in [5.41, 5.74) is 0.546. The number of likely N-dealkylation sites (tertiary alicyclic amines) is 1. The van der Waals surface area contributed by atoms with E-state index in [4.69, 9.17) is 4.74 Å². The summed E-state index contributed by atoms with van der Waals surface area (Å²) >= 11 is 0. The summed E-state index contributed by atoms with van der Waals surface area (Å²) in [5.74, 6) is 0.855. The monoisotopic (exact) mass is 366 g/mol. The number of aromatic nitrogens is 1. The van der Waals surface area contributed by atoms with Gasteiger partial charge in [0.15, 0.2) is 5.75 Å². The fraction of sp³-hybridized carbons (Fsp3) is 0.250. The van der Waals surface area contributed by atoms with Crippen molar-refractivity contribution in [1.29, 1.82) is 0 Å². The highest BCUT2D eigenvalue weighted by atomic mass is 16.5. The van der Waals surface area contributed by atoms with Crippen molar-refractivity contribution in [2.24, 2.45) is 0 Å². The number of carbonyl (C=O) groups excluding carboxylic acids is 2. The summed E-state index contributed by atoms with van der Waals surface area (Å²) in [5, 5.41) is 5.61. The van der Waals surface area contributed by atoms with Crippen LogP contribution in [0.25, 0.3) is 0 Å². The Morgan fingerprint density at radius 3 is 2.93 bits per heavy atom. The van der Waals surface area contributed by atoms with Gasteiger partial charge in [0.1, 0.15) is 11.8 Å². The number of urea groups is 1. The van der Waals surface area contributed by atoms with Crippen molar-refractivity contribution < 1.29 is 14.3 Å². The van der Waals surface area contributed by atoms with Crippen LogP contribution in [0.1, 0.15) is 12.8 Å². The standard InChI is InChI=1S/C20H22N4O3/c1-2-11-22-20(26)24-13-6-9-17(24)19(25)23-16-8-3-4-10-18(16)27-15-7-5-12-21-14-15/h2-5,7-8,10,12,14,17H,1,6,9,11,13H2,(H,22,26)(H,23,25). The molecule has 1 aromatic carbocycles. The first-order chi connectivity index (χ1) is 13.2. The van der Waals surface area contributed by atoms with Gasteiger partial charge in [0, 0.05) is 19.3 Å². The summed E-state index contributed by atoms with van der Waals surface area (Å²) in [6.07, 6.45) is 6.27. The zero-order valence-corrected chi connectivity index (χ0v) is 14.9. The molecule has 1 atom stereocenters. The number of ether oxygens (including phenoxy) is 1. The highest BCUT2D eigenvalue weighted by Gasteiger charge is 2.34. The van der Waals surface area contributed by atoms with Crippen LogP contribution in [0.3, 0.4) is 0 Å². The van der Waals surface area contributed by atoms with Crippen LogP contribution in [0.5, 0.6) is 11.5 Å². The second-order valence-electron chi connectivity index (χ2n) is 6.10. The predicted octanol–water partition coefficient (Wildman–Crippen LogP) is 3.17. The van der Waals surface area contributed by atoms with Crippen LogP contribution in [-0.4, -0.2) is 41.0 Å². The fourth-order valence-electron chi connectivity index (χ4n) is 2.95. The predicted molar refractivity (Wildman–Crippen MR) is 103 cm³/mol. The molecule has 27 heavy (non-hydrogen) atoms. The molecule has 0 spiro atoms. The van der Waals surface area contributed by atoms with E-state index < -0.39 is 6.04 Å². The Morgan fingerprint density at radius 2 is 2.15 bits per heavy atom. The summed E-state index contributed by atoms with van der Waals surface area (Å²) in [4.78, 5) is 30.6. The van der Waals surface area contributed by atoms with Crippen LogP contribution in [0, 0.1) is 0 Å². The van der Waals surface area contributed by atoms with E-state index in [0.29, 0.717) is 36.7 Å². The van der Waals surface area contributed by atoms with Crippen LogP contribution < -0.4 is 15.4 Å². The van der Waals surface area contributed by atoms with Crippen molar-refractivity contribution in [1.82, 2.24) is 15.2 Å². The van der Waals surface area contributed by atoms with Crippen molar-refractivity contribution in [3.8, 4) is 11.5 Å². The van der Waals surface area contributed by atoms with E-state index in [1.54, 1.807) is 47.6 Å². The van der Waals surface area contributed by atoms with Crippen molar-refractivity contribution in [3.05, 3.63) is 61.4 Å². The molecule has 1 unspecified atom stereocenters. The number of pyridine rings is 1. The number of hydrogen-bond acceptors (Lipinski definition) is 4. The van der Waals surface area contributed by atoms with E-state index >= 15 is 0 Å². The Hall–Kier alpha value is -3.35. The number of hydrogen-bond donors (Lipinski definition) is 2. The zero-order chi connectivity index (χ0) is 19.1. The van der Waals surface area contributed by atoms with Gasteiger partial charge in [0.25, 0.3) is 0 Å². The molecule has 7 heteroatoms. The minimum absolute atomic E-state index is 0.233. The maximum atomic E-state index is 12.8. The maximum absolute atomic E-state index is 12.8. The van der Waals surface area contributed by atoms with Gasteiger partial charge in [-0.2, -0.15) is 0 Å². The molecule has 3 rings (SSSR count). The Labute approximate surface area is 158 Å². The first kappa shape index (κ1) is 18.4. The lowest BCUT2D eigenvalue weighted by Crippen LogP contribution is -2.47. The summed E-state index contributed by atoms with van der Waals surface area (Å²) < 4.78 is 5.82. The number of nitrogens with zero attached hydrogens (tertiary/aromatic N) is 2. The Bertz CT molecular complexity index is 810. The SMILES string of the molecule is C=CCNC(=O)N1CCCC1C(=O)Nc1ccccc1Oc1cccnc1. The van der Waals surface area contributed by atoms with Gasteiger partial charge in [-0.25, -0.2) is 4.79 Å².